The molecule has 0 unspecified atom stereocenters. The maximum atomic E-state index is 10.7. The molecule has 29 heavy (non-hydrogen) atoms. The molecular formula is C27H44O2. The van der Waals surface area contributed by atoms with Gasteiger partial charge >= 0.3 is 0 Å². The molecule has 2 N–H and O–H groups in total. The maximum Gasteiger partial charge on any atom is 0.0594 e. The highest BCUT2D eigenvalue weighted by Gasteiger charge is 2.58. The van der Waals surface area contributed by atoms with Gasteiger partial charge in [-0.15, -0.1) is 0 Å². The summed E-state index contributed by atoms with van der Waals surface area (Å²) in [5.74, 6) is 7.96. The van der Waals surface area contributed by atoms with Crippen molar-refractivity contribution in [1.82, 2.24) is 0 Å². The van der Waals surface area contributed by atoms with Crippen LogP contribution in [0.15, 0.2) is 12.2 Å². The standard InChI is InChI=1S/C27H44O2/c1-15(2)23-13-16(14-28)17-5-6-20-18-9-11-24-21(10-12-25(29)27(24,3)4)19(18)7-8-22(20)26(17)23/h16-26,28-29H,1,5-14H2,2-4H3/t16-,17+,18-,19-,20-,21-,22-,23+,24-,25+,26-/m1/s1. The lowest BCUT2D eigenvalue weighted by Crippen LogP contribution is -2.54. The zero-order valence-electron chi connectivity index (χ0n) is 19.0. The molecule has 0 amide bonds. The SMILES string of the molecule is C=C(C)[C@@H]1C[C@H](CO)[C@@H]2CC[C@@H]3[C@@H]4CC[C@@H]5[C@H](CC[C@H](O)C5(C)C)[C@@H]4CC[C@H]3[C@@H]21. The Morgan fingerprint density at radius 1 is 0.828 bits per heavy atom. The summed E-state index contributed by atoms with van der Waals surface area (Å²) in [7, 11) is 0. The van der Waals surface area contributed by atoms with E-state index in [1.54, 1.807) is 0 Å². The summed E-state index contributed by atoms with van der Waals surface area (Å²) in [6, 6.07) is 0. The summed E-state index contributed by atoms with van der Waals surface area (Å²) in [5.41, 5.74) is 1.48. The number of allylic oxidation sites excluding steroid dienone is 1. The Kier molecular flexibility index (Phi) is 5.22. The van der Waals surface area contributed by atoms with Crippen molar-refractivity contribution in [3.63, 3.8) is 0 Å². The molecule has 5 rings (SSSR count). The zero-order chi connectivity index (χ0) is 20.5. The van der Waals surface area contributed by atoms with Gasteiger partial charge in [0.05, 0.1) is 6.10 Å². The molecule has 0 saturated heterocycles. The van der Waals surface area contributed by atoms with Crippen molar-refractivity contribution in [3.05, 3.63) is 12.2 Å². The fourth-order valence-electron chi connectivity index (χ4n) is 9.95. The lowest BCUT2D eigenvalue weighted by Gasteiger charge is -2.60. The van der Waals surface area contributed by atoms with Crippen molar-refractivity contribution in [3.8, 4) is 0 Å². The zero-order valence-corrected chi connectivity index (χ0v) is 19.0. The molecule has 5 aliphatic carbocycles. The Hall–Kier alpha value is -0.340. The number of aliphatic hydroxyl groups excluding tert-OH is 2. The molecule has 5 aliphatic rings. The van der Waals surface area contributed by atoms with Gasteiger partial charge in [0.1, 0.15) is 0 Å². The number of aliphatic hydroxyl groups is 2. The van der Waals surface area contributed by atoms with Crippen LogP contribution in [0.4, 0.5) is 0 Å². The molecule has 0 aromatic heterocycles. The summed E-state index contributed by atoms with van der Waals surface area (Å²) in [5, 5.41) is 20.7. The second kappa shape index (κ2) is 7.37. The first-order valence-corrected chi connectivity index (χ1v) is 12.8. The summed E-state index contributed by atoms with van der Waals surface area (Å²) in [4.78, 5) is 0. The molecule has 0 spiro atoms. The van der Waals surface area contributed by atoms with E-state index in [1.165, 1.54) is 56.9 Å². The fraction of sp³-hybridized carbons (Fsp3) is 0.926. The summed E-state index contributed by atoms with van der Waals surface area (Å²) in [6.07, 6.45) is 11.7. The Bertz CT molecular complexity index is 638. The first-order valence-electron chi connectivity index (χ1n) is 12.8. The van der Waals surface area contributed by atoms with Crippen LogP contribution in [0.25, 0.3) is 0 Å². The van der Waals surface area contributed by atoms with Gasteiger partial charge in [-0.3, -0.25) is 0 Å². The molecule has 2 heteroatoms. The maximum absolute atomic E-state index is 10.7. The summed E-state index contributed by atoms with van der Waals surface area (Å²) < 4.78 is 0. The van der Waals surface area contributed by atoms with Crippen molar-refractivity contribution in [2.24, 2.45) is 64.6 Å². The van der Waals surface area contributed by atoms with Crippen LogP contribution in [0.5, 0.6) is 0 Å². The molecule has 164 valence electrons. The van der Waals surface area contributed by atoms with Crippen LogP contribution < -0.4 is 0 Å². The molecule has 0 bridgehead atoms. The van der Waals surface area contributed by atoms with Crippen LogP contribution in [0, 0.1) is 64.6 Å². The van der Waals surface area contributed by atoms with Crippen molar-refractivity contribution < 1.29 is 10.2 Å². The van der Waals surface area contributed by atoms with Gasteiger partial charge in [-0.05, 0) is 129 Å². The van der Waals surface area contributed by atoms with Crippen LogP contribution in [-0.2, 0) is 0 Å². The molecule has 0 aromatic rings. The molecule has 11 atom stereocenters. The lowest BCUT2D eigenvalue weighted by molar-refractivity contribution is -0.134. The quantitative estimate of drug-likeness (QED) is 0.585. The summed E-state index contributed by atoms with van der Waals surface area (Å²) >= 11 is 0. The highest BCUT2D eigenvalue weighted by molar-refractivity contribution is 5.12. The second-order valence-electron chi connectivity index (χ2n) is 12.4. The molecule has 0 aromatic carbocycles. The van der Waals surface area contributed by atoms with Crippen molar-refractivity contribution >= 4 is 0 Å². The van der Waals surface area contributed by atoms with E-state index < -0.39 is 0 Å². The van der Waals surface area contributed by atoms with E-state index in [0.717, 1.165) is 53.8 Å². The van der Waals surface area contributed by atoms with E-state index in [4.69, 9.17) is 0 Å². The number of hydrogen-bond donors (Lipinski definition) is 2. The van der Waals surface area contributed by atoms with E-state index in [2.05, 4.69) is 27.4 Å². The smallest absolute Gasteiger partial charge is 0.0594 e. The van der Waals surface area contributed by atoms with E-state index in [0.29, 0.717) is 18.4 Å². The first-order chi connectivity index (χ1) is 13.8. The molecule has 0 aliphatic heterocycles. The minimum atomic E-state index is -0.0997. The van der Waals surface area contributed by atoms with Crippen molar-refractivity contribution in [1.29, 1.82) is 0 Å². The number of fused-ring (bicyclic) bond motifs is 7. The van der Waals surface area contributed by atoms with Crippen LogP contribution >= 0.6 is 0 Å². The summed E-state index contributed by atoms with van der Waals surface area (Å²) in [6.45, 7) is 11.7. The van der Waals surface area contributed by atoms with Gasteiger partial charge in [0.2, 0.25) is 0 Å². The Balaban J connectivity index is 1.39. The minimum Gasteiger partial charge on any atom is -0.396 e. The Morgan fingerprint density at radius 3 is 2.07 bits per heavy atom. The van der Waals surface area contributed by atoms with Gasteiger partial charge in [-0.25, -0.2) is 0 Å². The average molecular weight is 401 g/mol. The molecule has 5 saturated carbocycles. The number of rotatable bonds is 2. The number of hydrogen-bond acceptors (Lipinski definition) is 2. The minimum absolute atomic E-state index is 0.0997. The van der Waals surface area contributed by atoms with E-state index in [-0.39, 0.29) is 11.5 Å². The molecule has 0 radical (unpaired) electrons. The third-order valence-electron chi connectivity index (χ3n) is 11.3. The van der Waals surface area contributed by atoms with E-state index >= 15 is 0 Å². The van der Waals surface area contributed by atoms with E-state index in [1.807, 2.05) is 0 Å². The van der Waals surface area contributed by atoms with Gasteiger partial charge in [0.15, 0.2) is 0 Å². The van der Waals surface area contributed by atoms with Crippen molar-refractivity contribution in [2.75, 3.05) is 6.61 Å². The highest BCUT2D eigenvalue weighted by Crippen LogP contribution is 2.65. The predicted molar refractivity (Wildman–Crippen MR) is 118 cm³/mol. The van der Waals surface area contributed by atoms with E-state index in [9.17, 15) is 10.2 Å². The van der Waals surface area contributed by atoms with Crippen LogP contribution in [0.2, 0.25) is 0 Å². The van der Waals surface area contributed by atoms with Gasteiger partial charge in [-0.2, -0.15) is 0 Å². The van der Waals surface area contributed by atoms with Crippen molar-refractivity contribution in [2.45, 2.75) is 84.7 Å². The van der Waals surface area contributed by atoms with Gasteiger partial charge in [0, 0.05) is 6.61 Å². The Morgan fingerprint density at radius 2 is 1.38 bits per heavy atom. The van der Waals surface area contributed by atoms with Gasteiger partial charge in [-0.1, -0.05) is 26.0 Å². The molecule has 5 fully saturated rings. The molecule has 2 nitrogen and oxygen atoms in total. The topological polar surface area (TPSA) is 40.5 Å². The van der Waals surface area contributed by atoms with Crippen LogP contribution in [-0.4, -0.2) is 22.9 Å². The average Bonchev–Trinajstić information content (AvgIpc) is 3.09. The largest absolute Gasteiger partial charge is 0.396 e. The molecule has 0 heterocycles. The monoisotopic (exact) mass is 400 g/mol. The normalized spacial score (nSPS) is 53.3. The lowest BCUT2D eigenvalue weighted by atomic mass is 9.45. The third kappa shape index (κ3) is 3.02. The molecular weight excluding hydrogens is 356 g/mol. The third-order valence-corrected chi connectivity index (χ3v) is 11.3. The van der Waals surface area contributed by atoms with Gasteiger partial charge in [0.25, 0.3) is 0 Å². The first kappa shape index (κ1) is 20.6. The fourth-order valence-corrected chi connectivity index (χ4v) is 9.95. The second-order valence-corrected chi connectivity index (χ2v) is 12.4. The Labute approximate surface area is 178 Å². The highest BCUT2D eigenvalue weighted by atomic mass is 16.3. The predicted octanol–water partition coefficient (Wildman–Crippen LogP) is 5.68. The van der Waals surface area contributed by atoms with Gasteiger partial charge < -0.3 is 10.2 Å². The van der Waals surface area contributed by atoms with Crippen LogP contribution in [0.1, 0.15) is 78.6 Å². The van der Waals surface area contributed by atoms with Crippen LogP contribution in [0.3, 0.4) is 0 Å².